The molecule has 9 heteroatoms. The molecule has 2 unspecified atom stereocenters. The first-order valence-electron chi connectivity index (χ1n) is 14.6. The van der Waals surface area contributed by atoms with Gasteiger partial charge >= 0.3 is 11.9 Å². The quantitative estimate of drug-likeness (QED) is 0.485. The van der Waals surface area contributed by atoms with Gasteiger partial charge in [0.05, 0.1) is 11.0 Å². The fourth-order valence-corrected chi connectivity index (χ4v) is 7.87. The minimum atomic E-state index is -0.728. The van der Waals surface area contributed by atoms with Crippen molar-refractivity contribution >= 4 is 11.9 Å². The average Bonchev–Trinajstić information content (AvgIpc) is 3.20. The van der Waals surface area contributed by atoms with Crippen LogP contribution in [0.1, 0.15) is 84.8 Å². The van der Waals surface area contributed by atoms with Gasteiger partial charge in [-0.1, -0.05) is 6.07 Å². The summed E-state index contributed by atoms with van der Waals surface area (Å²) in [6, 6.07) is 2.98. The van der Waals surface area contributed by atoms with Crippen molar-refractivity contribution in [1.82, 2.24) is 10.2 Å². The molecule has 4 aliphatic rings. The molecule has 2 bridgehead atoms. The summed E-state index contributed by atoms with van der Waals surface area (Å²) in [7, 11) is 3.96. The van der Waals surface area contributed by atoms with Gasteiger partial charge in [-0.05, 0) is 98.9 Å². The number of benzene rings is 1. The maximum Gasteiger partial charge on any atom is 0.323 e. The summed E-state index contributed by atoms with van der Waals surface area (Å²) in [4.78, 5) is 28.4. The molecule has 2 N–H and O–H groups in total. The lowest BCUT2D eigenvalue weighted by Gasteiger charge is -2.65. The number of hydrogen-bond donors (Lipinski definition) is 2. The number of methoxy groups -OCH3 is 1. The van der Waals surface area contributed by atoms with Crippen molar-refractivity contribution in [1.29, 1.82) is 0 Å². The highest BCUT2D eigenvalue weighted by molar-refractivity contribution is 5.78. The number of likely N-dealkylation sites (tertiary alicyclic amines) is 1. The normalized spacial score (nSPS) is 31.6. The Balaban J connectivity index is 1.48. The third-order valence-electron chi connectivity index (χ3n) is 9.22. The molecule has 0 radical (unpaired) electrons. The summed E-state index contributed by atoms with van der Waals surface area (Å²) in [5, 5.41) is 14.5. The van der Waals surface area contributed by atoms with Gasteiger partial charge in [0.1, 0.15) is 23.3 Å². The molecule has 0 aromatic heterocycles. The van der Waals surface area contributed by atoms with Gasteiger partial charge in [0.25, 0.3) is 0 Å². The van der Waals surface area contributed by atoms with E-state index >= 15 is 0 Å². The van der Waals surface area contributed by atoms with Gasteiger partial charge in [-0.3, -0.25) is 14.9 Å². The van der Waals surface area contributed by atoms with Crippen LogP contribution in [0.25, 0.3) is 0 Å². The largest absolute Gasteiger partial charge is 0.504 e. The molecule has 1 spiro atoms. The number of likely N-dealkylation sites (N-methyl/N-ethyl adjacent to an activating group) is 1. The Kier molecular flexibility index (Phi) is 7.20. The van der Waals surface area contributed by atoms with E-state index in [0.29, 0.717) is 12.2 Å². The van der Waals surface area contributed by atoms with Crippen molar-refractivity contribution in [3.05, 3.63) is 23.3 Å². The first-order valence-corrected chi connectivity index (χ1v) is 14.6. The molecule has 40 heavy (non-hydrogen) atoms. The van der Waals surface area contributed by atoms with Crippen LogP contribution in [0.3, 0.4) is 0 Å². The van der Waals surface area contributed by atoms with E-state index in [0.717, 1.165) is 31.4 Å². The highest BCUT2D eigenvalue weighted by Gasteiger charge is 2.73. The van der Waals surface area contributed by atoms with Gasteiger partial charge in [-0.2, -0.15) is 0 Å². The van der Waals surface area contributed by atoms with E-state index in [1.165, 1.54) is 5.56 Å². The minimum absolute atomic E-state index is 0.0810. The van der Waals surface area contributed by atoms with Crippen LogP contribution >= 0.6 is 0 Å². The van der Waals surface area contributed by atoms with Gasteiger partial charge in [-0.25, -0.2) is 0 Å². The SMILES string of the molecule is CO[C@@]12CCC(N[C@@H](CCC(=O)OC(C)(C)C)C(=O)OC(C)(C)C)C3Oc4c(O)ccc5c4[C@@]31CCN(C)[C@@H]2C5. The molecule has 2 fully saturated rings. The van der Waals surface area contributed by atoms with Crippen molar-refractivity contribution in [2.24, 2.45) is 0 Å². The molecule has 6 atom stereocenters. The summed E-state index contributed by atoms with van der Waals surface area (Å²) >= 11 is 0. The number of ether oxygens (including phenoxy) is 4. The number of phenolic OH excluding ortho intramolecular Hbond substituents is 1. The number of piperidine rings is 1. The average molecular weight is 559 g/mol. The Bertz CT molecular complexity index is 1170. The fraction of sp³-hybridized carbons (Fsp3) is 0.742. The van der Waals surface area contributed by atoms with Crippen LogP contribution in [0.5, 0.6) is 11.5 Å². The number of nitrogens with one attached hydrogen (secondary N) is 1. The molecular weight excluding hydrogens is 512 g/mol. The molecule has 222 valence electrons. The highest BCUT2D eigenvalue weighted by Crippen LogP contribution is 2.66. The molecule has 1 saturated heterocycles. The Morgan fingerprint density at radius 1 is 1.15 bits per heavy atom. The van der Waals surface area contributed by atoms with Crippen molar-refractivity contribution in [3.8, 4) is 11.5 Å². The van der Waals surface area contributed by atoms with Crippen LogP contribution in [0.2, 0.25) is 0 Å². The lowest BCUT2D eigenvalue weighted by molar-refractivity contribution is -0.204. The van der Waals surface area contributed by atoms with Crippen LogP contribution in [0, 0.1) is 0 Å². The second-order valence-corrected chi connectivity index (χ2v) is 14.0. The predicted molar refractivity (Wildman–Crippen MR) is 150 cm³/mol. The molecule has 2 heterocycles. The number of phenols is 1. The van der Waals surface area contributed by atoms with Gasteiger partial charge in [-0.15, -0.1) is 0 Å². The Hall–Kier alpha value is -2.36. The predicted octanol–water partition coefficient (Wildman–Crippen LogP) is 3.62. The number of rotatable bonds is 7. The lowest BCUT2D eigenvalue weighted by Crippen LogP contribution is -2.78. The molecule has 0 amide bonds. The van der Waals surface area contributed by atoms with Crippen LogP contribution in [0.4, 0.5) is 0 Å². The van der Waals surface area contributed by atoms with E-state index in [4.69, 9.17) is 18.9 Å². The van der Waals surface area contributed by atoms with E-state index < -0.39 is 34.2 Å². The molecular formula is C31H46N2O7. The smallest absolute Gasteiger partial charge is 0.323 e. The third kappa shape index (κ3) is 4.68. The van der Waals surface area contributed by atoms with Crippen molar-refractivity contribution in [2.75, 3.05) is 20.7 Å². The van der Waals surface area contributed by atoms with Crippen molar-refractivity contribution in [3.63, 3.8) is 0 Å². The monoisotopic (exact) mass is 558 g/mol. The molecule has 1 aromatic carbocycles. The van der Waals surface area contributed by atoms with Crippen LogP contribution in [-0.4, -0.2) is 83.7 Å². The van der Waals surface area contributed by atoms with E-state index in [2.05, 4.69) is 17.3 Å². The molecule has 9 nitrogen and oxygen atoms in total. The van der Waals surface area contributed by atoms with Crippen LogP contribution in [0.15, 0.2) is 12.1 Å². The summed E-state index contributed by atoms with van der Waals surface area (Å²) in [6.45, 7) is 11.9. The standard InChI is InChI=1S/C31H46N2O7/c1-28(2,3)39-23(35)12-10-20(27(36)40-29(4,5)6)32-19-13-14-31(37-8)22-17-18-9-11-21(34)25-24(18)30(31,26(19)38-25)15-16-33(22)7/h9,11,19-20,22,26,32,34H,10,12-17H2,1-8H3/t19?,20-,22+,26?,30-,31+/m0/s1. The van der Waals surface area contributed by atoms with Crippen molar-refractivity contribution < 1.29 is 33.6 Å². The topological polar surface area (TPSA) is 107 Å². The zero-order valence-corrected chi connectivity index (χ0v) is 25.3. The van der Waals surface area contributed by atoms with E-state index in [9.17, 15) is 14.7 Å². The Morgan fingerprint density at radius 3 is 2.50 bits per heavy atom. The summed E-state index contributed by atoms with van der Waals surface area (Å²) < 4.78 is 24.5. The second kappa shape index (κ2) is 9.88. The Labute approximate surface area is 237 Å². The van der Waals surface area contributed by atoms with Gasteiger partial charge in [0, 0.05) is 31.2 Å². The lowest BCUT2D eigenvalue weighted by atomic mass is 9.48. The van der Waals surface area contributed by atoms with E-state index in [1.807, 2.05) is 47.6 Å². The van der Waals surface area contributed by atoms with E-state index in [-0.39, 0.29) is 42.7 Å². The minimum Gasteiger partial charge on any atom is -0.504 e. The van der Waals surface area contributed by atoms with Crippen LogP contribution < -0.4 is 10.1 Å². The van der Waals surface area contributed by atoms with E-state index in [1.54, 1.807) is 13.2 Å². The number of carbonyl (C=O) groups excluding carboxylic acids is 2. The number of aromatic hydroxyl groups is 1. The maximum atomic E-state index is 13.5. The summed E-state index contributed by atoms with van der Waals surface area (Å²) in [6.07, 6.45) is 3.10. The zero-order valence-electron chi connectivity index (χ0n) is 25.3. The van der Waals surface area contributed by atoms with Gasteiger partial charge in [0.15, 0.2) is 11.5 Å². The number of carbonyl (C=O) groups is 2. The number of hydrogen-bond acceptors (Lipinski definition) is 9. The molecule has 2 aliphatic carbocycles. The molecule has 2 aliphatic heterocycles. The maximum absolute atomic E-state index is 13.5. The Morgan fingerprint density at radius 2 is 1.85 bits per heavy atom. The summed E-state index contributed by atoms with van der Waals surface area (Å²) in [5.41, 5.74) is 0.0244. The first kappa shape index (κ1) is 29.1. The van der Waals surface area contributed by atoms with Crippen molar-refractivity contribution in [2.45, 2.75) is 127 Å². The number of esters is 2. The van der Waals surface area contributed by atoms with Crippen LogP contribution in [-0.2, 0) is 35.6 Å². The third-order valence-corrected chi connectivity index (χ3v) is 9.22. The summed E-state index contributed by atoms with van der Waals surface area (Å²) in [5.74, 6) is -0.0745. The second-order valence-electron chi connectivity index (χ2n) is 14.0. The van der Waals surface area contributed by atoms with Gasteiger partial charge < -0.3 is 29.0 Å². The fourth-order valence-electron chi connectivity index (χ4n) is 7.87. The first-order chi connectivity index (χ1) is 18.6. The highest BCUT2D eigenvalue weighted by atomic mass is 16.6. The molecule has 1 aromatic rings. The molecule has 5 rings (SSSR count). The van der Waals surface area contributed by atoms with Gasteiger partial charge in [0.2, 0.25) is 0 Å². The number of nitrogens with zero attached hydrogens (tertiary/aromatic N) is 1. The molecule has 1 saturated carbocycles. The zero-order chi connectivity index (χ0) is 29.3.